The third-order valence-electron chi connectivity index (χ3n) is 1.92. The van der Waals surface area contributed by atoms with E-state index in [0.717, 1.165) is 0 Å². The maximum atomic E-state index is 13.5. The molecule has 0 saturated heterocycles. The zero-order chi connectivity index (χ0) is 10.8. The van der Waals surface area contributed by atoms with Gasteiger partial charge in [-0.15, -0.1) is 0 Å². The van der Waals surface area contributed by atoms with Gasteiger partial charge in [-0.3, -0.25) is 4.79 Å². The van der Waals surface area contributed by atoms with Crippen LogP contribution in [0.25, 0.3) is 11.4 Å². The minimum Gasteiger partial charge on any atom is -0.339 e. The van der Waals surface area contributed by atoms with Crippen LogP contribution in [-0.4, -0.2) is 16.4 Å². The van der Waals surface area contributed by atoms with Crippen molar-refractivity contribution in [3.8, 4) is 11.4 Å². The predicted molar refractivity (Wildman–Crippen MR) is 49.8 cm³/mol. The Balaban J connectivity index is 2.65. The van der Waals surface area contributed by atoms with E-state index in [4.69, 9.17) is 4.52 Å². The quantitative estimate of drug-likeness (QED) is 0.705. The van der Waals surface area contributed by atoms with Crippen molar-refractivity contribution in [3.05, 3.63) is 35.5 Å². The van der Waals surface area contributed by atoms with Crippen LogP contribution in [0.3, 0.4) is 0 Å². The lowest BCUT2D eigenvalue weighted by Gasteiger charge is -1.99. The highest BCUT2D eigenvalue weighted by atomic mass is 19.1. The number of nitrogens with zero attached hydrogens (tertiary/aromatic N) is 2. The molecule has 0 fully saturated rings. The Morgan fingerprint density at radius 3 is 2.87 bits per heavy atom. The van der Waals surface area contributed by atoms with Crippen molar-refractivity contribution in [1.82, 2.24) is 10.1 Å². The fraction of sp³-hybridized carbons (Fsp3) is 0.100. The first-order chi connectivity index (χ1) is 7.22. The number of benzene rings is 1. The number of hydrogen-bond acceptors (Lipinski definition) is 4. The van der Waals surface area contributed by atoms with Crippen LogP contribution in [-0.2, 0) is 0 Å². The van der Waals surface area contributed by atoms with Crippen molar-refractivity contribution >= 4 is 6.29 Å². The molecule has 0 spiro atoms. The maximum absolute atomic E-state index is 13.5. The van der Waals surface area contributed by atoms with Crippen molar-refractivity contribution < 1.29 is 13.7 Å². The Bertz CT molecular complexity index is 508. The number of aldehydes is 1. The van der Waals surface area contributed by atoms with Crippen molar-refractivity contribution in [2.75, 3.05) is 0 Å². The van der Waals surface area contributed by atoms with Crippen molar-refractivity contribution in [1.29, 1.82) is 0 Å². The molecular weight excluding hydrogens is 199 g/mol. The lowest BCUT2D eigenvalue weighted by molar-refractivity contribution is 0.112. The molecule has 76 valence electrons. The van der Waals surface area contributed by atoms with Crippen LogP contribution in [0.15, 0.2) is 22.7 Å². The molecule has 4 nitrogen and oxygen atoms in total. The third-order valence-corrected chi connectivity index (χ3v) is 1.92. The molecule has 0 aliphatic carbocycles. The van der Waals surface area contributed by atoms with Gasteiger partial charge in [0.25, 0.3) is 0 Å². The molecule has 15 heavy (non-hydrogen) atoms. The van der Waals surface area contributed by atoms with Gasteiger partial charge in [0, 0.05) is 12.5 Å². The summed E-state index contributed by atoms with van der Waals surface area (Å²) in [6, 6.07) is 4.20. The summed E-state index contributed by atoms with van der Waals surface area (Å²) in [7, 11) is 0. The molecular formula is C10H7FN2O2. The highest BCUT2D eigenvalue weighted by Gasteiger charge is 2.15. The van der Waals surface area contributed by atoms with Crippen LogP contribution in [0.2, 0.25) is 0 Å². The largest absolute Gasteiger partial charge is 0.339 e. The molecule has 2 aromatic rings. The summed E-state index contributed by atoms with van der Waals surface area (Å²) in [6.45, 7) is 1.60. The average molecular weight is 206 g/mol. The van der Waals surface area contributed by atoms with E-state index >= 15 is 0 Å². The second-order valence-corrected chi connectivity index (χ2v) is 2.96. The number of carbonyl (C=O) groups excluding carboxylic acids is 1. The van der Waals surface area contributed by atoms with Gasteiger partial charge in [-0.2, -0.15) is 4.98 Å². The molecule has 0 N–H and O–H groups in total. The van der Waals surface area contributed by atoms with Crippen molar-refractivity contribution in [2.45, 2.75) is 6.92 Å². The number of carbonyl (C=O) groups is 1. The normalized spacial score (nSPS) is 10.3. The Morgan fingerprint density at radius 1 is 1.47 bits per heavy atom. The summed E-state index contributed by atoms with van der Waals surface area (Å²) >= 11 is 0. The summed E-state index contributed by atoms with van der Waals surface area (Å²) < 4.78 is 18.2. The molecule has 1 aromatic heterocycles. The number of halogens is 1. The van der Waals surface area contributed by atoms with E-state index in [1.165, 1.54) is 18.2 Å². The zero-order valence-corrected chi connectivity index (χ0v) is 7.90. The lowest BCUT2D eigenvalue weighted by Crippen LogP contribution is -1.93. The van der Waals surface area contributed by atoms with E-state index in [0.29, 0.717) is 12.2 Å². The van der Waals surface area contributed by atoms with Crippen LogP contribution in [0.5, 0.6) is 0 Å². The van der Waals surface area contributed by atoms with Crippen molar-refractivity contribution in [2.24, 2.45) is 0 Å². The molecule has 0 amide bonds. The molecule has 0 unspecified atom stereocenters. The summed E-state index contributed by atoms with van der Waals surface area (Å²) in [4.78, 5) is 14.6. The van der Waals surface area contributed by atoms with Gasteiger partial charge in [0.1, 0.15) is 5.82 Å². The van der Waals surface area contributed by atoms with Gasteiger partial charge in [-0.1, -0.05) is 17.3 Å². The maximum Gasteiger partial charge on any atom is 0.223 e. The van der Waals surface area contributed by atoms with Crippen molar-refractivity contribution in [3.63, 3.8) is 0 Å². The highest BCUT2D eigenvalue weighted by Crippen LogP contribution is 2.22. The van der Waals surface area contributed by atoms with Crippen LogP contribution in [0.1, 0.15) is 16.2 Å². The van der Waals surface area contributed by atoms with Gasteiger partial charge in [0.15, 0.2) is 6.29 Å². The smallest absolute Gasteiger partial charge is 0.223 e. The first kappa shape index (κ1) is 9.51. The standard InChI is InChI=1S/C10H7FN2O2/c1-6-12-10(13-15-6)9-7(5-14)3-2-4-8(9)11/h2-5H,1H3. The summed E-state index contributed by atoms with van der Waals surface area (Å²) in [6.07, 6.45) is 0.560. The average Bonchev–Trinajstić information content (AvgIpc) is 2.64. The topological polar surface area (TPSA) is 56.0 Å². The van der Waals surface area contributed by atoms with Crippen LogP contribution in [0.4, 0.5) is 4.39 Å². The molecule has 0 aliphatic heterocycles. The molecule has 0 saturated carbocycles. The second kappa shape index (κ2) is 3.61. The van der Waals surface area contributed by atoms with Gasteiger partial charge in [-0.25, -0.2) is 4.39 Å². The minimum atomic E-state index is -0.541. The summed E-state index contributed by atoms with van der Waals surface area (Å²) in [5, 5.41) is 3.57. The molecule has 1 aromatic carbocycles. The van der Waals surface area contributed by atoms with E-state index < -0.39 is 5.82 Å². The minimum absolute atomic E-state index is 0.0735. The molecule has 0 atom stereocenters. The van der Waals surface area contributed by atoms with E-state index in [9.17, 15) is 9.18 Å². The van der Waals surface area contributed by atoms with Gasteiger partial charge >= 0.3 is 0 Å². The Hall–Kier alpha value is -2.04. The molecule has 1 heterocycles. The number of rotatable bonds is 2. The summed E-state index contributed by atoms with van der Waals surface area (Å²) in [5.74, 6) is -0.127. The van der Waals surface area contributed by atoms with E-state index in [-0.39, 0.29) is 17.0 Å². The van der Waals surface area contributed by atoms with E-state index in [2.05, 4.69) is 10.1 Å². The van der Waals surface area contributed by atoms with Crippen LogP contribution in [0, 0.1) is 12.7 Å². The second-order valence-electron chi connectivity index (χ2n) is 2.96. The predicted octanol–water partition coefficient (Wildman–Crippen LogP) is 2.00. The van der Waals surface area contributed by atoms with Crippen LogP contribution >= 0.6 is 0 Å². The summed E-state index contributed by atoms with van der Waals surface area (Å²) in [5.41, 5.74) is 0.278. The van der Waals surface area contributed by atoms with Gasteiger partial charge < -0.3 is 4.52 Å². The fourth-order valence-electron chi connectivity index (χ4n) is 1.28. The molecule has 0 bridgehead atoms. The van der Waals surface area contributed by atoms with E-state index in [1.54, 1.807) is 6.92 Å². The lowest BCUT2D eigenvalue weighted by atomic mass is 10.1. The van der Waals surface area contributed by atoms with E-state index in [1.807, 2.05) is 0 Å². The third kappa shape index (κ3) is 1.63. The first-order valence-corrected chi connectivity index (χ1v) is 4.26. The molecule has 5 heteroatoms. The van der Waals surface area contributed by atoms with Gasteiger partial charge in [-0.05, 0) is 6.07 Å². The Labute approximate surface area is 84.7 Å². The van der Waals surface area contributed by atoms with Gasteiger partial charge in [0.2, 0.25) is 11.7 Å². The zero-order valence-electron chi connectivity index (χ0n) is 7.90. The molecule has 0 aliphatic rings. The molecule has 0 radical (unpaired) electrons. The fourth-order valence-corrected chi connectivity index (χ4v) is 1.28. The number of aryl methyl sites for hydroxylation is 1. The molecule has 2 rings (SSSR count). The highest BCUT2D eigenvalue weighted by molar-refractivity contribution is 5.85. The first-order valence-electron chi connectivity index (χ1n) is 4.26. The monoisotopic (exact) mass is 206 g/mol. The van der Waals surface area contributed by atoms with Gasteiger partial charge in [0.05, 0.1) is 5.56 Å². The Morgan fingerprint density at radius 2 is 2.27 bits per heavy atom. The van der Waals surface area contributed by atoms with Crippen LogP contribution < -0.4 is 0 Å². The Kier molecular flexibility index (Phi) is 2.29. The number of aromatic nitrogens is 2. The SMILES string of the molecule is Cc1nc(-c2c(F)cccc2C=O)no1. The number of hydrogen-bond donors (Lipinski definition) is 0.